The molecule has 2 rings (SSSR count). The van der Waals surface area contributed by atoms with Gasteiger partial charge in [0.2, 0.25) is 0 Å². The summed E-state index contributed by atoms with van der Waals surface area (Å²) < 4.78 is 0. The summed E-state index contributed by atoms with van der Waals surface area (Å²) in [5, 5.41) is 0. The molecule has 1 aliphatic heterocycles. The first-order chi connectivity index (χ1) is 7.58. The van der Waals surface area contributed by atoms with E-state index in [1.165, 1.54) is 0 Å². The SMILES string of the molecule is Cc1ccc(S)cc1C(=O)N1CCC(N)C1. The van der Waals surface area contributed by atoms with E-state index in [-0.39, 0.29) is 11.9 Å². The van der Waals surface area contributed by atoms with Gasteiger partial charge in [-0.25, -0.2) is 0 Å². The van der Waals surface area contributed by atoms with Crippen LogP contribution in [-0.2, 0) is 0 Å². The second kappa shape index (κ2) is 4.47. The monoisotopic (exact) mass is 236 g/mol. The van der Waals surface area contributed by atoms with E-state index in [9.17, 15) is 4.79 Å². The molecule has 1 atom stereocenters. The van der Waals surface area contributed by atoms with Crippen LogP contribution in [0.3, 0.4) is 0 Å². The number of nitrogens with two attached hydrogens (primary N) is 1. The maximum Gasteiger partial charge on any atom is 0.254 e. The number of amides is 1. The van der Waals surface area contributed by atoms with Gasteiger partial charge in [0.15, 0.2) is 0 Å². The van der Waals surface area contributed by atoms with Crippen molar-refractivity contribution in [3.05, 3.63) is 29.3 Å². The lowest BCUT2D eigenvalue weighted by Gasteiger charge is -2.17. The van der Waals surface area contributed by atoms with Gasteiger partial charge in [0, 0.05) is 29.6 Å². The highest BCUT2D eigenvalue weighted by Gasteiger charge is 2.25. The molecule has 0 aliphatic carbocycles. The van der Waals surface area contributed by atoms with Gasteiger partial charge in [0.25, 0.3) is 5.91 Å². The van der Waals surface area contributed by atoms with E-state index in [0.717, 1.165) is 29.0 Å². The Balaban J connectivity index is 2.23. The Morgan fingerprint density at radius 2 is 2.31 bits per heavy atom. The summed E-state index contributed by atoms with van der Waals surface area (Å²) in [6.45, 7) is 3.36. The Morgan fingerprint density at radius 3 is 2.94 bits per heavy atom. The zero-order valence-corrected chi connectivity index (χ0v) is 10.2. The summed E-state index contributed by atoms with van der Waals surface area (Å²) in [5.41, 5.74) is 7.53. The topological polar surface area (TPSA) is 46.3 Å². The van der Waals surface area contributed by atoms with Crippen LogP contribution in [0.5, 0.6) is 0 Å². The molecule has 0 radical (unpaired) electrons. The van der Waals surface area contributed by atoms with Gasteiger partial charge in [-0.2, -0.15) is 0 Å². The maximum atomic E-state index is 12.2. The second-order valence-electron chi connectivity index (χ2n) is 4.30. The van der Waals surface area contributed by atoms with Gasteiger partial charge in [-0.15, -0.1) is 12.6 Å². The number of nitrogens with zero attached hydrogens (tertiary/aromatic N) is 1. The summed E-state index contributed by atoms with van der Waals surface area (Å²) in [6, 6.07) is 5.77. The molecule has 0 spiro atoms. The predicted molar refractivity (Wildman–Crippen MR) is 66.9 cm³/mol. The third-order valence-electron chi connectivity index (χ3n) is 2.96. The van der Waals surface area contributed by atoms with Crippen molar-refractivity contribution in [1.82, 2.24) is 4.90 Å². The van der Waals surface area contributed by atoms with Crippen molar-refractivity contribution in [3.8, 4) is 0 Å². The van der Waals surface area contributed by atoms with Crippen molar-refractivity contribution in [2.45, 2.75) is 24.3 Å². The Kier molecular flexibility index (Phi) is 3.21. The summed E-state index contributed by atoms with van der Waals surface area (Å²) in [4.78, 5) is 14.8. The van der Waals surface area contributed by atoms with Crippen LogP contribution in [-0.4, -0.2) is 29.9 Å². The molecule has 1 heterocycles. The fourth-order valence-electron chi connectivity index (χ4n) is 1.98. The third-order valence-corrected chi connectivity index (χ3v) is 3.24. The number of benzene rings is 1. The fraction of sp³-hybridized carbons (Fsp3) is 0.417. The van der Waals surface area contributed by atoms with Gasteiger partial charge >= 0.3 is 0 Å². The van der Waals surface area contributed by atoms with Crippen molar-refractivity contribution < 1.29 is 4.79 Å². The Bertz CT molecular complexity index is 419. The standard InChI is InChI=1S/C12H16N2OS/c1-8-2-3-10(16)6-11(8)12(15)14-5-4-9(13)7-14/h2-3,6,9,16H,4-5,7,13H2,1H3. The normalized spacial score (nSPS) is 20.2. The molecule has 0 bridgehead atoms. The third kappa shape index (κ3) is 2.23. The van der Waals surface area contributed by atoms with E-state index in [4.69, 9.17) is 5.73 Å². The maximum absolute atomic E-state index is 12.2. The van der Waals surface area contributed by atoms with Crippen molar-refractivity contribution in [1.29, 1.82) is 0 Å². The van der Waals surface area contributed by atoms with E-state index in [1.807, 2.05) is 30.0 Å². The first-order valence-electron chi connectivity index (χ1n) is 5.42. The van der Waals surface area contributed by atoms with Crippen LogP contribution >= 0.6 is 12.6 Å². The van der Waals surface area contributed by atoms with Gasteiger partial charge in [0.1, 0.15) is 0 Å². The van der Waals surface area contributed by atoms with Crippen molar-refractivity contribution in [2.75, 3.05) is 13.1 Å². The summed E-state index contributed by atoms with van der Waals surface area (Å²) in [6.07, 6.45) is 0.894. The molecule has 86 valence electrons. The minimum Gasteiger partial charge on any atom is -0.337 e. The van der Waals surface area contributed by atoms with Gasteiger partial charge in [-0.3, -0.25) is 4.79 Å². The highest BCUT2D eigenvalue weighted by Crippen LogP contribution is 2.18. The van der Waals surface area contributed by atoms with E-state index in [2.05, 4.69) is 12.6 Å². The average molecular weight is 236 g/mol. The Hall–Kier alpha value is -1.00. The molecule has 2 N–H and O–H groups in total. The first kappa shape index (κ1) is 11.5. The minimum absolute atomic E-state index is 0.0707. The van der Waals surface area contributed by atoms with Crippen LogP contribution in [0.15, 0.2) is 23.1 Å². The molecule has 1 aliphatic rings. The van der Waals surface area contributed by atoms with Crippen LogP contribution in [0, 0.1) is 6.92 Å². The smallest absolute Gasteiger partial charge is 0.254 e. The van der Waals surface area contributed by atoms with Crippen LogP contribution < -0.4 is 5.73 Å². The predicted octanol–water partition coefficient (Wildman–Crippen LogP) is 1.46. The average Bonchev–Trinajstić information content (AvgIpc) is 2.67. The second-order valence-corrected chi connectivity index (χ2v) is 4.82. The number of hydrogen-bond donors (Lipinski definition) is 2. The molecule has 4 heteroatoms. The molecule has 0 aromatic heterocycles. The summed E-state index contributed by atoms with van der Waals surface area (Å²) in [5.74, 6) is 0.0707. The molecule has 1 aromatic carbocycles. The number of hydrogen-bond acceptors (Lipinski definition) is 3. The molecule has 3 nitrogen and oxygen atoms in total. The molecular weight excluding hydrogens is 220 g/mol. The van der Waals surface area contributed by atoms with Gasteiger partial charge in [-0.05, 0) is 31.0 Å². The molecule has 0 saturated carbocycles. The van der Waals surface area contributed by atoms with Gasteiger partial charge in [-0.1, -0.05) is 6.07 Å². The van der Waals surface area contributed by atoms with Crippen LogP contribution in [0.25, 0.3) is 0 Å². The van der Waals surface area contributed by atoms with Crippen LogP contribution in [0.4, 0.5) is 0 Å². The molecule has 1 saturated heterocycles. The van der Waals surface area contributed by atoms with Crippen molar-refractivity contribution in [3.63, 3.8) is 0 Å². The largest absolute Gasteiger partial charge is 0.337 e. The number of thiol groups is 1. The lowest BCUT2D eigenvalue weighted by atomic mass is 10.1. The highest BCUT2D eigenvalue weighted by molar-refractivity contribution is 7.80. The lowest BCUT2D eigenvalue weighted by molar-refractivity contribution is 0.0790. The quantitative estimate of drug-likeness (QED) is 0.725. The Morgan fingerprint density at radius 1 is 1.56 bits per heavy atom. The summed E-state index contributed by atoms with van der Waals surface area (Å²) >= 11 is 4.26. The lowest BCUT2D eigenvalue weighted by Crippen LogP contribution is -2.32. The van der Waals surface area contributed by atoms with Crippen LogP contribution in [0.2, 0.25) is 0 Å². The number of likely N-dealkylation sites (tertiary alicyclic amines) is 1. The molecule has 16 heavy (non-hydrogen) atoms. The fourth-order valence-corrected chi connectivity index (χ4v) is 2.19. The van der Waals surface area contributed by atoms with E-state index in [1.54, 1.807) is 0 Å². The van der Waals surface area contributed by atoms with Crippen molar-refractivity contribution >= 4 is 18.5 Å². The number of rotatable bonds is 1. The Labute approximate surface area is 101 Å². The first-order valence-corrected chi connectivity index (χ1v) is 5.87. The highest BCUT2D eigenvalue weighted by atomic mass is 32.1. The zero-order valence-electron chi connectivity index (χ0n) is 9.31. The summed E-state index contributed by atoms with van der Waals surface area (Å²) in [7, 11) is 0. The number of carbonyl (C=O) groups excluding carboxylic acids is 1. The number of aryl methyl sites for hydroxylation is 1. The molecule has 1 aromatic rings. The van der Waals surface area contributed by atoms with E-state index in [0.29, 0.717) is 6.54 Å². The van der Waals surface area contributed by atoms with E-state index < -0.39 is 0 Å². The molecule has 1 amide bonds. The molecular formula is C12H16N2OS. The number of carbonyl (C=O) groups is 1. The minimum atomic E-state index is 0.0707. The van der Waals surface area contributed by atoms with Gasteiger partial charge < -0.3 is 10.6 Å². The molecule has 1 unspecified atom stereocenters. The van der Waals surface area contributed by atoms with Gasteiger partial charge in [0.05, 0.1) is 0 Å². The van der Waals surface area contributed by atoms with E-state index >= 15 is 0 Å². The zero-order chi connectivity index (χ0) is 11.7. The van der Waals surface area contributed by atoms with Crippen LogP contribution in [0.1, 0.15) is 22.3 Å². The molecule has 1 fully saturated rings. The van der Waals surface area contributed by atoms with Crippen molar-refractivity contribution in [2.24, 2.45) is 5.73 Å².